The molecule has 4 nitrogen and oxygen atoms in total. The molecule has 2 N–H and O–H groups in total. The number of hydrogen-bond donors (Lipinski definition) is 1. The number of nitrogens with zero attached hydrogens (tertiary/aromatic N) is 2. The Kier molecular flexibility index (Phi) is 3.22. The average molecular weight is 245 g/mol. The first-order valence-corrected chi connectivity index (χ1v) is 6.21. The molecule has 1 aromatic heterocycles. The summed E-state index contributed by atoms with van der Waals surface area (Å²) in [6, 6.07) is 3.77. The number of hydrogen-bond acceptors (Lipinski definition) is 3. The monoisotopic (exact) mass is 245 g/mol. The molecule has 0 spiro atoms. The van der Waals surface area contributed by atoms with Crippen LogP contribution in [0.3, 0.4) is 0 Å². The molecule has 1 unspecified atom stereocenters. The highest BCUT2D eigenvalue weighted by Gasteiger charge is 2.13. The van der Waals surface area contributed by atoms with Gasteiger partial charge in [-0.3, -0.25) is 9.36 Å². The molecule has 2 rings (SSSR count). The number of fused-ring (bicyclic) bond motifs is 1. The van der Waals surface area contributed by atoms with E-state index in [1.807, 2.05) is 32.9 Å². The van der Waals surface area contributed by atoms with E-state index in [1.54, 1.807) is 11.6 Å². The third kappa shape index (κ3) is 1.93. The summed E-state index contributed by atoms with van der Waals surface area (Å²) < 4.78 is 1.62. The van der Waals surface area contributed by atoms with Crippen LogP contribution in [0.4, 0.5) is 0 Å². The van der Waals surface area contributed by atoms with Crippen molar-refractivity contribution in [2.45, 2.75) is 33.2 Å². The Morgan fingerprint density at radius 1 is 1.44 bits per heavy atom. The summed E-state index contributed by atoms with van der Waals surface area (Å²) >= 11 is 0. The topological polar surface area (TPSA) is 60.9 Å². The fourth-order valence-corrected chi connectivity index (χ4v) is 2.26. The quantitative estimate of drug-likeness (QED) is 0.878. The van der Waals surface area contributed by atoms with Crippen LogP contribution in [-0.4, -0.2) is 9.55 Å². The van der Waals surface area contributed by atoms with Gasteiger partial charge in [-0.25, -0.2) is 4.98 Å². The van der Waals surface area contributed by atoms with Crippen molar-refractivity contribution in [1.29, 1.82) is 0 Å². The summed E-state index contributed by atoms with van der Waals surface area (Å²) in [4.78, 5) is 16.9. The fraction of sp³-hybridized carbons (Fsp3) is 0.429. The molecule has 18 heavy (non-hydrogen) atoms. The summed E-state index contributed by atoms with van der Waals surface area (Å²) in [6.07, 6.45) is 0.730. The van der Waals surface area contributed by atoms with Gasteiger partial charge in [0.25, 0.3) is 5.56 Å². The molecule has 1 heterocycles. The predicted octanol–water partition coefficient (Wildman–Crippen LogP) is 1.82. The highest BCUT2D eigenvalue weighted by molar-refractivity contribution is 5.82. The largest absolute Gasteiger partial charge is 0.324 e. The summed E-state index contributed by atoms with van der Waals surface area (Å²) in [5, 5.41) is 0.655. The van der Waals surface area contributed by atoms with E-state index in [1.165, 1.54) is 0 Å². The van der Waals surface area contributed by atoms with Crippen molar-refractivity contribution in [2.75, 3.05) is 0 Å². The van der Waals surface area contributed by atoms with Gasteiger partial charge in [0.05, 0.1) is 10.9 Å². The van der Waals surface area contributed by atoms with Crippen molar-refractivity contribution in [1.82, 2.24) is 9.55 Å². The first kappa shape index (κ1) is 12.8. The van der Waals surface area contributed by atoms with Crippen molar-refractivity contribution in [3.63, 3.8) is 0 Å². The van der Waals surface area contributed by atoms with E-state index in [2.05, 4.69) is 4.98 Å². The average Bonchev–Trinajstić information content (AvgIpc) is 2.33. The Hall–Kier alpha value is -1.68. The van der Waals surface area contributed by atoms with Crippen LogP contribution in [0.2, 0.25) is 0 Å². The van der Waals surface area contributed by atoms with Gasteiger partial charge >= 0.3 is 0 Å². The van der Waals surface area contributed by atoms with Gasteiger partial charge < -0.3 is 5.73 Å². The molecular weight excluding hydrogens is 226 g/mol. The van der Waals surface area contributed by atoms with Gasteiger partial charge in [-0.05, 0) is 31.0 Å². The fourth-order valence-electron chi connectivity index (χ4n) is 2.26. The minimum atomic E-state index is -0.128. The van der Waals surface area contributed by atoms with E-state index in [9.17, 15) is 4.79 Å². The maximum atomic E-state index is 12.3. The molecule has 0 bridgehead atoms. The number of nitrogens with two attached hydrogens (primary N) is 1. The van der Waals surface area contributed by atoms with Crippen LogP contribution >= 0.6 is 0 Å². The van der Waals surface area contributed by atoms with E-state index < -0.39 is 0 Å². The molecule has 0 aliphatic carbocycles. The van der Waals surface area contributed by atoms with Crippen LogP contribution in [0.15, 0.2) is 16.9 Å². The summed E-state index contributed by atoms with van der Waals surface area (Å²) in [7, 11) is 1.77. The number of rotatable bonds is 2. The van der Waals surface area contributed by atoms with Gasteiger partial charge in [0.2, 0.25) is 0 Å². The Morgan fingerprint density at radius 3 is 2.67 bits per heavy atom. The molecule has 0 aliphatic rings. The van der Waals surface area contributed by atoms with Gasteiger partial charge in [0.1, 0.15) is 5.82 Å². The molecule has 0 radical (unpaired) electrons. The van der Waals surface area contributed by atoms with Crippen LogP contribution in [0.5, 0.6) is 0 Å². The lowest BCUT2D eigenvalue weighted by atomic mass is 10.0. The van der Waals surface area contributed by atoms with Crippen LogP contribution < -0.4 is 11.3 Å². The van der Waals surface area contributed by atoms with Crippen LogP contribution in [-0.2, 0) is 13.5 Å². The standard InChI is InChI=1S/C14H19N3O/c1-5-12-16-13-10(9(3)15)6-8(2)7-11(13)14(18)17(12)4/h6-7,9H,5,15H2,1-4H3. The smallest absolute Gasteiger partial charge is 0.261 e. The van der Waals surface area contributed by atoms with Crippen molar-refractivity contribution >= 4 is 10.9 Å². The van der Waals surface area contributed by atoms with E-state index in [0.717, 1.165) is 28.9 Å². The van der Waals surface area contributed by atoms with E-state index in [0.29, 0.717) is 5.39 Å². The zero-order valence-electron chi connectivity index (χ0n) is 11.3. The molecule has 1 aromatic carbocycles. The SMILES string of the molecule is CCc1nc2c(C(C)N)cc(C)cc2c(=O)n1C. The summed E-state index contributed by atoms with van der Waals surface area (Å²) in [6.45, 7) is 5.88. The predicted molar refractivity (Wildman–Crippen MR) is 73.7 cm³/mol. The van der Waals surface area contributed by atoms with Gasteiger partial charge in [-0.2, -0.15) is 0 Å². The summed E-state index contributed by atoms with van der Waals surface area (Å²) in [5.74, 6) is 0.790. The lowest BCUT2D eigenvalue weighted by molar-refractivity contribution is 0.747. The zero-order chi connectivity index (χ0) is 13.4. The van der Waals surface area contributed by atoms with Crippen molar-refractivity contribution in [3.8, 4) is 0 Å². The van der Waals surface area contributed by atoms with E-state index in [4.69, 9.17) is 5.73 Å². The molecule has 0 saturated heterocycles. The van der Waals surface area contributed by atoms with Gasteiger partial charge in [-0.15, -0.1) is 0 Å². The maximum absolute atomic E-state index is 12.3. The highest BCUT2D eigenvalue weighted by Crippen LogP contribution is 2.21. The Labute approximate surface area is 106 Å². The third-order valence-corrected chi connectivity index (χ3v) is 3.25. The third-order valence-electron chi connectivity index (χ3n) is 3.25. The Morgan fingerprint density at radius 2 is 2.11 bits per heavy atom. The van der Waals surface area contributed by atoms with Gasteiger partial charge in [0, 0.05) is 19.5 Å². The van der Waals surface area contributed by atoms with Gasteiger partial charge in [-0.1, -0.05) is 13.0 Å². The molecular formula is C14H19N3O. The Bertz CT molecular complexity index is 656. The molecule has 0 fully saturated rings. The summed E-state index contributed by atoms with van der Waals surface area (Å²) in [5.41, 5.74) is 8.71. The van der Waals surface area contributed by atoms with Gasteiger partial charge in [0.15, 0.2) is 0 Å². The molecule has 96 valence electrons. The minimum absolute atomic E-state index is 0.00227. The van der Waals surface area contributed by atoms with Crippen molar-refractivity contribution in [3.05, 3.63) is 39.4 Å². The maximum Gasteiger partial charge on any atom is 0.261 e. The van der Waals surface area contributed by atoms with Crippen LogP contribution in [0.1, 0.15) is 36.8 Å². The second-order valence-corrected chi connectivity index (χ2v) is 4.78. The number of aromatic nitrogens is 2. The first-order valence-electron chi connectivity index (χ1n) is 6.21. The minimum Gasteiger partial charge on any atom is -0.324 e. The van der Waals surface area contributed by atoms with Crippen LogP contribution in [0, 0.1) is 6.92 Å². The lowest BCUT2D eigenvalue weighted by Gasteiger charge is -2.13. The normalized spacial score (nSPS) is 12.9. The molecule has 0 aliphatic heterocycles. The molecule has 2 aromatic rings. The molecule has 0 saturated carbocycles. The second-order valence-electron chi connectivity index (χ2n) is 4.78. The molecule has 1 atom stereocenters. The highest BCUT2D eigenvalue weighted by atomic mass is 16.1. The number of aryl methyl sites for hydroxylation is 2. The Balaban J connectivity index is 2.97. The van der Waals surface area contributed by atoms with Crippen molar-refractivity contribution in [2.24, 2.45) is 12.8 Å². The second kappa shape index (κ2) is 4.53. The van der Waals surface area contributed by atoms with E-state index >= 15 is 0 Å². The van der Waals surface area contributed by atoms with E-state index in [-0.39, 0.29) is 11.6 Å². The molecule has 4 heteroatoms. The zero-order valence-corrected chi connectivity index (χ0v) is 11.3. The first-order chi connectivity index (χ1) is 8.45. The number of benzene rings is 1. The lowest BCUT2D eigenvalue weighted by Crippen LogP contribution is -2.23. The van der Waals surface area contributed by atoms with Crippen LogP contribution in [0.25, 0.3) is 10.9 Å². The van der Waals surface area contributed by atoms with Crippen molar-refractivity contribution < 1.29 is 0 Å². The molecule has 0 amide bonds.